The number of morpholine rings is 1. The molecule has 5 rings (SSSR count). The summed E-state index contributed by atoms with van der Waals surface area (Å²) in [5.74, 6) is -0.724. The average molecular weight is 457 g/mol. The molecule has 0 saturated carbocycles. The third kappa shape index (κ3) is 4.39. The maximum Gasteiger partial charge on any atom is 0.270 e. The van der Waals surface area contributed by atoms with Gasteiger partial charge in [0.2, 0.25) is 5.91 Å². The second-order valence-corrected chi connectivity index (χ2v) is 8.27. The molecule has 1 fully saturated rings. The van der Waals surface area contributed by atoms with Crippen molar-refractivity contribution in [1.29, 1.82) is 0 Å². The number of fused-ring (bicyclic) bond motifs is 1. The van der Waals surface area contributed by atoms with Gasteiger partial charge in [-0.2, -0.15) is 0 Å². The Morgan fingerprint density at radius 3 is 2.62 bits per heavy atom. The van der Waals surface area contributed by atoms with E-state index in [0.717, 1.165) is 44.0 Å². The summed E-state index contributed by atoms with van der Waals surface area (Å²) < 4.78 is 7.27. The van der Waals surface area contributed by atoms with Gasteiger partial charge in [-0.1, -0.05) is 18.2 Å². The first-order chi connectivity index (χ1) is 16.5. The predicted molar refractivity (Wildman–Crippen MR) is 127 cm³/mol. The van der Waals surface area contributed by atoms with Gasteiger partial charge < -0.3 is 10.5 Å². The van der Waals surface area contributed by atoms with Gasteiger partial charge in [-0.15, -0.1) is 0 Å². The zero-order chi connectivity index (χ0) is 23.7. The van der Waals surface area contributed by atoms with Crippen LogP contribution < -0.4 is 5.73 Å². The Balaban J connectivity index is 1.48. The maximum absolute atomic E-state index is 11.7. The molecule has 2 aromatic carbocycles. The Kier molecular flexibility index (Phi) is 5.79. The standard InChI is InChI=1S/C25H23N5O4/c26-25(31)21-11-20(12-22(13-21)30(32)33)23-15-27-24-14-19(4-5-29(23)24)18-3-1-2-17(10-18)16-28-6-8-34-9-7-28/h1-5,10-15H,6-9,16H2,(H2,26,31). The molecule has 9 heteroatoms. The highest BCUT2D eigenvalue weighted by molar-refractivity contribution is 5.95. The van der Waals surface area contributed by atoms with Gasteiger partial charge in [-0.3, -0.25) is 24.2 Å². The van der Waals surface area contributed by atoms with Crippen molar-refractivity contribution in [3.8, 4) is 22.4 Å². The molecular formula is C25H23N5O4. The van der Waals surface area contributed by atoms with Crippen molar-refractivity contribution in [3.05, 3.63) is 88.2 Å². The Labute approximate surface area is 195 Å². The number of imidazole rings is 1. The number of non-ortho nitro benzene ring substituents is 1. The molecule has 2 N–H and O–H groups in total. The molecule has 2 aromatic heterocycles. The Bertz CT molecular complexity index is 1360. The lowest BCUT2D eigenvalue weighted by atomic mass is 10.0. The Morgan fingerprint density at radius 2 is 1.85 bits per heavy atom. The number of amides is 1. The number of rotatable bonds is 6. The number of pyridine rings is 1. The van der Waals surface area contributed by atoms with Crippen molar-refractivity contribution in [2.75, 3.05) is 26.3 Å². The second kappa shape index (κ2) is 9.05. The summed E-state index contributed by atoms with van der Waals surface area (Å²) in [4.78, 5) is 29.4. The number of nitrogens with zero attached hydrogens (tertiary/aromatic N) is 4. The average Bonchev–Trinajstić information content (AvgIpc) is 3.28. The van der Waals surface area contributed by atoms with Gasteiger partial charge in [0.1, 0.15) is 5.65 Å². The highest BCUT2D eigenvalue weighted by atomic mass is 16.6. The highest BCUT2D eigenvalue weighted by Gasteiger charge is 2.16. The van der Waals surface area contributed by atoms with E-state index in [2.05, 4.69) is 34.1 Å². The van der Waals surface area contributed by atoms with Crippen LogP contribution in [0.4, 0.5) is 5.69 Å². The van der Waals surface area contributed by atoms with Crippen LogP contribution in [0.1, 0.15) is 15.9 Å². The van der Waals surface area contributed by atoms with E-state index >= 15 is 0 Å². The second-order valence-electron chi connectivity index (χ2n) is 8.27. The van der Waals surface area contributed by atoms with Crippen LogP contribution in [0.25, 0.3) is 28.0 Å². The van der Waals surface area contributed by atoms with E-state index in [4.69, 9.17) is 10.5 Å². The number of nitro groups is 1. The van der Waals surface area contributed by atoms with E-state index in [1.54, 1.807) is 12.3 Å². The molecule has 9 nitrogen and oxygen atoms in total. The van der Waals surface area contributed by atoms with E-state index in [9.17, 15) is 14.9 Å². The normalized spacial score (nSPS) is 14.4. The smallest absolute Gasteiger partial charge is 0.270 e. The van der Waals surface area contributed by atoms with Crippen molar-refractivity contribution >= 4 is 17.2 Å². The topological polar surface area (TPSA) is 116 Å². The van der Waals surface area contributed by atoms with Crippen LogP contribution in [-0.2, 0) is 11.3 Å². The van der Waals surface area contributed by atoms with Crippen LogP contribution in [0.2, 0.25) is 0 Å². The van der Waals surface area contributed by atoms with E-state index in [1.165, 1.54) is 17.7 Å². The lowest BCUT2D eigenvalue weighted by Gasteiger charge is -2.26. The zero-order valence-corrected chi connectivity index (χ0v) is 18.4. The van der Waals surface area contributed by atoms with Crippen molar-refractivity contribution < 1.29 is 14.5 Å². The van der Waals surface area contributed by atoms with Crippen molar-refractivity contribution in [2.45, 2.75) is 6.54 Å². The summed E-state index contributed by atoms with van der Waals surface area (Å²) in [5.41, 5.74) is 10.4. The summed E-state index contributed by atoms with van der Waals surface area (Å²) in [6.07, 6.45) is 3.52. The van der Waals surface area contributed by atoms with Crippen LogP contribution in [-0.4, -0.2) is 51.4 Å². The first-order valence-electron chi connectivity index (χ1n) is 10.9. The molecule has 0 spiro atoms. The molecule has 3 heterocycles. The molecule has 1 saturated heterocycles. The summed E-state index contributed by atoms with van der Waals surface area (Å²) in [7, 11) is 0. The lowest BCUT2D eigenvalue weighted by Crippen LogP contribution is -2.35. The Hall–Kier alpha value is -4.08. The molecule has 0 atom stereocenters. The molecule has 1 aliphatic rings. The highest BCUT2D eigenvalue weighted by Crippen LogP contribution is 2.29. The van der Waals surface area contributed by atoms with Crippen LogP contribution >= 0.6 is 0 Å². The Morgan fingerprint density at radius 1 is 1.06 bits per heavy atom. The predicted octanol–water partition coefficient (Wildman–Crippen LogP) is 3.51. The number of primary amides is 1. The van der Waals surface area contributed by atoms with E-state index in [0.29, 0.717) is 16.9 Å². The number of carbonyl (C=O) groups is 1. The van der Waals surface area contributed by atoms with E-state index < -0.39 is 10.8 Å². The SMILES string of the molecule is NC(=O)c1cc(-c2cnc3cc(-c4cccc(CN5CCOCC5)c4)ccn23)cc([N+](=O)[O-])c1. The summed E-state index contributed by atoms with van der Waals surface area (Å²) in [6.45, 7) is 4.28. The molecule has 1 aliphatic heterocycles. The number of hydrogen-bond acceptors (Lipinski definition) is 6. The monoisotopic (exact) mass is 457 g/mol. The fourth-order valence-corrected chi connectivity index (χ4v) is 4.25. The van der Waals surface area contributed by atoms with Gasteiger partial charge in [-0.25, -0.2) is 4.98 Å². The molecular weight excluding hydrogens is 434 g/mol. The minimum Gasteiger partial charge on any atom is -0.379 e. The van der Waals surface area contributed by atoms with E-state index in [-0.39, 0.29) is 11.3 Å². The molecule has 4 aromatic rings. The number of aromatic nitrogens is 2. The van der Waals surface area contributed by atoms with Crippen LogP contribution in [0.3, 0.4) is 0 Å². The number of ether oxygens (including phenoxy) is 1. The van der Waals surface area contributed by atoms with Crippen LogP contribution in [0.15, 0.2) is 67.0 Å². The minimum absolute atomic E-state index is 0.0767. The molecule has 1 amide bonds. The van der Waals surface area contributed by atoms with Gasteiger partial charge in [0.05, 0.1) is 30.0 Å². The largest absolute Gasteiger partial charge is 0.379 e. The van der Waals surface area contributed by atoms with Gasteiger partial charge in [0.25, 0.3) is 5.69 Å². The fraction of sp³-hybridized carbons (Fsp3) is 0.200. The fourth-order valence-electron chi connectivity index (χ4n) is 4.25. The van der Waals surface area contributed by atoms with Crippen LogP contribution in [0.5, 0.6) is 0 Å². The third-order valence-electron chi connectivity index (χ3n) is 5.99. The van der Waals surface area contributed by atoms with Gasteiger partial charge >= 0.3 is 0 Å². The summed E-state index contributed by atoms with van der Waals surface area (Å²) in [5, 5.41) is 11.3. The molecule has 0 aliphatic carbocycles. The number of carbonyl (C=O) groups excluding carboxylic acids is 1. The lowest BCUT2D eigenvalue weighted by molar-refractivity contribution is -0.384. The van der Waals surface area contributed by atoms with Gasteiger partial charge in [0, 0.05) is 49.1 Å². The number of nitrogens with two attached hydrogens (primary N) is 1. The molecule has 0 bridgehead atoms. The van der Waals surface area contributed by atoms with E-state index in [1.807, 2.05) is 22.7 Å². The van der Waals surface area contributed by atoms with Crippen LogP contribution in [0, 0.1) is 10.1 Å². The van der Waals surface area contributed by atoms with Crippen molar-refractivity contribution in [1.82, 2.24) is 14.3 Å². The number of benzene rings is 2. The zero-order valence-electron chi connectivity index (χ0n) is 18.4. The molecule has 172 valence electrons. The number of nitro benzene ring substituents is 1. The molecule has 34 heavy (non-hydrogen) atoms. The third-order valence-corrected chi connectivity index (χ3v) is 5.99. The quantitative estimate of drug-likeness (QED) is 0.350. The van der Waals surface area contributed by atoms with Gasteiger partial charge in [0.15, 0.2) is 0 Å². The first-order valence-corrected chi connectivity index (χ1v) is 10.9. The minimum atomic E-state index is -0.724. The first kappa shape index (κ1) is 21.7. The van der Waals surface area contributed by atoms with Crippen molar-refractivity contribution in [2.24, 2.45) is 5.73 Å². The van der Waals surface area contributed by atoms with Crippen molar-refractivity contribution in [3.63, 3.8) is 0 Å². The maximum atomic E-state index is 11.7. The van der Waals surface area contributed by atoms with Gasteiger partial charge in [-0.05, 0) is 41.0 Å². The number of hydrogen-bond donors (Lipinski definition) is 1. The molecule has 0 radical (unpaired) electrons. The summed E-state index contributed by atoms with van der Waals surface area (Å²) >= 11 is 0. The summed E-state index contributed by atoms with van der Waals surface area (Å²) in [6, 6.07) is 16.5. The molecule has 0 unspecified atom stereocenters.